The number of alkyl halides is 2. The molecule has 31 heavy (non-hydrogen) atoms. The van der Waals surface area contributed by atoms with Gasteiger partial charge in [0.15, 0.2) is 16.8 Å². The lowest BCUT2D eigenvalue weighted by Gasteiger charge is -2.30. The Morgan fingerprint density at radius 1 is 1.35 bits per heavy atom. The summed E-state index contributed by atoms with van der Waals surface area (Å²) >= 11 is 1.42. The molecule has 0 spiro atoms. The van der Waals surface area contributed by atoms with Crippen molar-refractivity contribution in [1.82, 2.24) is 4.98 Å². The highest BCUT2D eigenvalue weighted by atomic mass is 32.2. The molecule has 11 heteroatoms. The molecule has 3 atom stereocenters. The number of benzene rings is 1. The Labute approximate surface area is 179 Å². The number of aryl methyl sites for hydroxylation is 1. The second kappa shape index (κ2) is 7.70. The third kappa shape index (κ3) is 4.06. The minimum Gasteiger partial charge on any atom is -0.433 e. The smallest absolute Gasteiger partial charge is 0.387 e. The fourth-order valence-electron chi connectivity index (χ4n) is 3.82. The number of nitrogens with zero attached hydrogens (tertiary/aromatic N) is 2. The van der Waals surface area contributed by atoms with Gasteiger partial charge in [0.05, 0.1) is 11.7 Å². The summed E-state index contributed by atoms with van der Waals surface area (Å²) in [5.74, 6) is -3.08. The Bertz CT molecular complexity index is 1100. The van der Waals surface area contributed by atoms with Crippen LogP contribution in [0.3, 0.4) is 0 Å². The van der Waals surface area contributed by atoms with Gasteiger partial charge < -0.3 is 15.8 Å². The molecule has 2 aliphatic rings. The highest BCUT2D eigenvalue weighted by molar-refractivity contribution is 8.14. The van der Waals surface area contributed by atoms with Crippen molar-refractivity contribution in [2.24, 2.45) is 16.6 Å². The minimum absolute atomic E-state index is 0.00362. The van der Waals surface area contributed by atoms with Crippen LogP contribution in [-0.4, -0.2) is 27.9 Å². The van der Waals surface area contributed by atoms with Crippen LogP contribution in [0.25, 0.3) is 0 Å². The number of amidine groups is 1. The summed E-state index contributed by atoms with van der Waals surface area (Å²) in [5.41, 5.74) is 5.04. The van der Waals surface area contributed by atoms with Gasteiger partial charge in [-0.15, -0.1) is 0 Å². The minimum atomic E-state index is -3.02. The van der Waals surface area contributed by atoms with E-state index in [9.17, 15) is 22.4 Å². The molecular formula is C20H18F4N4O2S. The highest BCUT2D eigenvalue weighted by Crippen LogP contribution is 2.57. The first-order chi connectivity index (χ1) is 14.6. The number of rotatable bonds is 5. The van der Waals surface area contributed by atoms with Crippen molar-refractivity contribution in [3.63, 3.8) is 0 Å². The van der Waals surface area contributed by atoms with Gasteiger partial charge in [0, 0.05) is 28.5 Å². The van der Waals surface area contributed by atoms with Crippen LogP contribution in [0.4, 0.5) is 23.2 Å². The molecule has 0 bridgehead atoms. The number of halogens is 4. The van der Waals surface area contributed by atoms with Crippen molar-refractivity contribution in [2.45, 2.75) is 37.7 Å². The number of fused-ring (bicyclic) bond motifs is 1. The molecule has 1 unspecified atom stereocenters. The molecular weight excluding hydrogens is 436 g/mol. The van der Waals surface area contributed by atoms with Gasteiger partial charge >= 0.3 is 6.61 Å². The van der Waals surface area contributed by atoms with Crippen molar-refractivity contribution >= 4 is 28.5 Å². The van der Waals surface area contributed by atoms with E-state index in [1.807, 2.05) is 0 Å². The molecule has 2 aromatic rings. The van der Waals surface area contributed by atoms with Gasteiger partial charge in [-0.1, -0.05) is 11.8 Å². The maximum atomic E-state index is 14.7. The number of thioether (sulfide) groups is 1. The Hall–Kier alpha value is -2.82. The third-order valence-electron chi connectivity index (χ3n) is 5.39. The van der Waals surface area contributed by atoms with Crippen molar-refractivity contribution in [2.75, 3.05) is 5.32 Å². The zero-order valence-electron chi connectivity index (χ0n) is 16.5. The van der Waals surface area contributed by atoms with Crippen LogP contribution in [0.15, 0.2) is 29.4 Å². The zero-order chi connectivity index (χ0) is 22.5. The number of aromatic nitrogens is 1. The standard InChI is InChI=1S/C20H18F4N4O2S/c1-8-3-10(30-18(23)24)7-26-16(8)17(29)27-9-4-12(15(22)13(21)5-9)20(2)11-6-14(11)31-19(25)28-20/h3-5,7,11,14,18H,6H2,1-2H3,(H2,25,28)(H,27,29)/t11-,14?,20-/m0/s1. The van der Waals surface area contributed by atoms with E-state index in [-0.39, 0.29) is 39.4 Å². The topological polar surface area (TPSA) is 89.6 Å². The monoisotopic (exact) mass is 454 g/mol. The first kappa shape index (κ1) is 21.4. The van der Waals surface area contributed by atoms with Gasteiger partial charge in [-0.3, -0.25) is 9.79 Å². The van der Waals surface area contributed by atoms with E-state index < -0.39 is 29.7 Å². The molecule has 6 nitrogen and oxygen atoms in total. The first-order valence-electron chi connectivity index (χ1n) is 9.33. The molecule has 1 amide bonds. The lowest BCUT2D eigenvalue weighted by Crippen LogP contribution is -2.32. The molecule has 1 aliphatic carbocycles. The molecule has 164 valence electrons. The Balaban J connectivity index is 1.63. The zero-order valence-corrected chi connectivity index (χ0v) is 17.3. The lowest BCUT2D eigenvalue weighted by molar-refractivity contribution is -0.0501. The van der Waals surface area contributed by atoms with Gasteiger partial charge in [0.1, 0.15) is 11.4 Å². The van der Waals surface area contributed by atoms with Crippen molar-refractivity contribution in [1.29, 1.82) is 0 Å². The van der Waals surface area contributed by atoms with E-state index in [4.69, 9.17) is 5.73 Å². The maximum absolute atomic E-state index is 14.7. The number of nitrogens with one attached hydrogen (secondary N) is 1. The molecule has 1 aliphatic heterocycles. The predicted octanol–water partition coefficient (Wildman–Crippen LogP) is 4.19. The Morgan fingerprint density at radius 3 is 2.77 bits per heavy atom. The predicted molar refractivity (Wildman–Crippen MR) is 108 cm³/mol. The van der Waals surface area contributed by atoms with Crippen LogP contribution in [0.1, 0.15) is 35.0 Å². The number of hydrogen-bond donors (Lipinski definition) is 2. The summed E-state index contributed by atoms with van der Waals surface area (Å²) < 4.78 is 58.0. The summed E-state index contributed by atoms with van der Waals surface area (Å²) in [6.07, 6.45) is 1.76. The van der Waals surface area contributed by atoms with Crippen molar-refractivity contribution in [3.05, 3.63) is 52.9 Å². The van der Waals surface area contributed by atoms with E-state index in [2.05, 4.69) is 20.0 Å². The second-order valence-electron chi connectivity index (χ2n) is 7.58. The molecule has 3 N–H and O–H groups in total. The van der Waals surface area contributed by atoms with Crippen LogP contribution >= 0.6 is 11.8 Å². The highest BCUT2D eigenvalue weighted by Gasteiger charge is 2.56. The van der Waals surface area contributed by atoms with Gasteiger partial charge in [-0.05, 0) is 38.0 Å². The number of amides is 1. The SMILES string of the molecule is Cc1cc(OC(F)F)cnc1C(=O)Nc1cc(F)c(F)c([C@@]2(C)N=C(N)SC3C[C@@H]32)c1. The number of aliphatic imine (C=N–C) groups is 1. The number of ether oxygens (including phenoxy) is 1. The molecule has 1 aromatic carbocycles. The average molecular weight is 454 g/mol. The number of anilines is 1. The van der Waals surface area contributed by atoms with Gasteiger partial charge in [0.25, 0.3) is 5.91 Å². The number of carbonyl (C=O) groups is 1. The fraction of sp³-hybridized carbons (Fsp3) is 0.350. The molecule has 0 radical (unpaired) electrons. The van der Waals surface area contributed by atoms with Crippen LogP contribution in [-0.2, 0) is 5.54 Å². The van der Waals surface area contributed by atoms with Crippen LogP contribution in [0.5, 0.6) is 5.75 Å². The van der Waals surface area contributed by atoms with Gasteiger partial charge in [0.2, 0.25) is 0 Å². The number of hydrogen-bond acceptors (Lipinski definition) is 6. The molecule has 1 fully saturated rings. The van der Waals surface area contributed by atoms with E-state index >= 15 is 0 Å². The first-order valence-corrected chi connectivity index (χ1v) is 10.2. The van der Waals surface area contributed by atoms with E-state index in [1.165, 1.54) is 30.8 Å². The van der Waals surface area contributed by atoms with E-state index in [0.29, 0.717) is 5.17 Å². The van der Waals surface area contributed by atoms with Gasteiger partial charge in [-0.2, -0.15) is 8.78 Å². The van der Waals surface area contributed by atoms with Crippen LogP contribution in [0.2, 0.25) is 0 Å². The summed E-state index contributed by atoms with van der Waals surface area (Å²) in [6.45, 7) is 0.160. The summed E-state index contributed by atoms with van der Waals surface area (Å²) in [4.78, 5) is 20.9. The number of carbonyl (C=O) groups excluding carboxylic acids is 1. The maximum Gasteiger partial charge on any atom is 0.387 e. The molecule has 4 rings (SSSR count). The summed E-state index contributed by atoms with van der Waals surface area (Å²) in [7, 11) is 0. The molecule has 2 heterocycles. The van der Waals surface area contributed by atoms with Crippen molar-refractivity contribution in [3.8, 4) is 5.75 Å². The Kier molecular flexibility index (Phi) is 5.32. The second-order valence-corrected chi connectivity index (χ2v) is 8.84. The normalized spacial score (nSPS) is 24.4. The number of pyridine rings is 1. The fourth-order valence-corrected chi connectivity index (χ4v) is 5.11. The molecule has 1 aromatic heterocycles. The van der Waals surface area contributed by atoms with E-state index in [0.717, 1.165) is 18.7 Å². The van der Waals surface area contributed by atoms with Crippen LogP contribution in [0, 0.1) is 24.5 Å². The number of nitrogens with two attached hydrogens (primary N) is 1. The largest absolute Gasteiger partial charge is 0.433 e. The van der Waals surface area contributed by atoms with Crippen LogP contribution < -0.4 is 15.8 Å². The summed E-state index contributed by atoms with van der Waals surface area (Å²) in [6, 6.07) is 3.43. The summed E-state index contributed by atoms with van der Waals surface area (Å²) in [5, 5.41) is 2.99. The van der Waals surface area contributed by atoms with Gasteiger partial charge in [-0.25, -0.2) is 13.8 Å². The molecule has 1 saturated carbocycles. The Morgan fingerprint density at radius 2 is 2.10 bits per heavy atom. The third-order valence-corrected chi connectivity index (χ3v) is 6.55. The van der Waals surface area contributed by atoms with Crippen molar-refractivity contribution < 1.29 is 27.1 Å². The molecule has 0 saturated heterocycles. The lowest BCUT2D eigenvalue weighted by atomic mass is 9.86. The van der Waals surface area contributed by atoms with E-state index in [1.54, 1.807) is 6.92 Å². The average Bonchev–Trinajstić information content (AvgIpc) is 3.44. The quantitative estimate of drug-likeness (QED) is 0.662.